The summed E-state index contributed by atoms with van der Waals surface area (Å²) in [5.41, 5.74) is 0. The van der Waals surface area contributed by atoms with E-state index in [1.165, 1.54) is 0 Å². The van der Waals surface area contributed by atoms with E-state index in [9.17, 15) is 0 Å². The third-order valence-electron chi connectivity index (χ3n) is 0.888. The Morgan fingerprint density at radius 1 is 1.75 bits per heavy atom. The molecule has 0 aliphatic heterocycles. The summed E-state index contributed by atoms with van der Waals surface area (Å²) in [6, 6.07) is 0. The summed E-state index contributed by atoms with van der Waals surface area (Å²) in [6.45, 7) is 3.70. The van der Waals surface area contributed by atoms with Gasteiger partial charge >= 0.3 is 0 Å². The summed E-state index contributed by atoms with van der Waals surface area (Å²) in [6.07, 6.45) is 8.22. The van der Waals surface area contributed by atoms with Crippen LogP contribution in [-0.4, -0.2) is 4.83 Å². The minimum Gasteiger partial charge on any atom is -0.119 e. The zero-order chi connectivity index (χ0) is 6.41. The number of rotatable bonds is 3. The molecule has 0 rings (SSSR count). The highest BCUT2D eigenvalue weighted by Crippen LogP contribution is 2.07. The molecule has 0 spiro atoms. The Labute approximate surface area is 59.8 Å². The lowest BCUT2D eigenvalue weighted by Gasteiger charge is -1.96. The van der Waals surface area contributed by atoms with Crippen molar-refractivity contribution < 1.29 is 0 Å². The molecule has 1 radical (unpaired) electrons. The fourth-order valence-corrected chi connectivity index (χ4v) is 0.731. The van der Waals surface area contributed by atoms with Crippen LogP contribution in [0.1, 0.15) is 19.3 Å². The van der Waals surface area contributed by atoms with Crippen molar-refractivity contribution in [2.24, 2.45) is 0 Å². The zero-order valence-corrected chi connectivity index (χ0v) is 6.45. The first-order valence-electron chi connectivity index (χ1n) is 2.70. The molecule has 0 heterocycles. The van der Waals surface area contributed by atoms with Crippen LogP contribution in [0.5, 0.6) is 0 Å². The smallest absolute Gasteiger partial charge is 0.0752 e. The van der Waals surface area contributed by atoms with Gasteiger partial charge in [-0.15, -0.1) is 6.42 Å². The maximum absolute atomic E-state index is 5.10. The number of terminal acetylenes is 1. The Kier molecular flexibility index (Phi) is 5.21. The molecule has 8 heavy (non-hydrogen) atoms. The first kappa shape index (κ1) is 8.04. The number of halogens is 1. The lowest BCUT2D eigenvalue weighted by molar-refractivity contribution is 0.786. The van der Waals surface area contributed by atoms with Gasteiger partial charge in [0.25, 0.3) is 0 Å². The van der Waals surface area contributed by atoms with E-state index >= 15 is 0 Å². The Hall–Kier alpha value is 0.0400. The predicted molar refractivity (Wildman–Crippen MR) is 40.8 cm³/mol. The summed E-state index contributed by atoms with van der Waals surface area (Å²) < 4.78 is 0. The molecule has 45 valence electrons. The second-order valence-corrected chi connectivity index (χ2v) is 2.74. The highest BCUT2D eigenvalue weighted by Gasteiger charge is 1.94. The van der Waals surface area contributed by atoms with E-state index in [0.29, 0.717) is 0 Å². The summed E-state index contributed by atoms with van der Waals surface area (Å²) in [5.74, 6) is 2.59. The second-order valence-electron chi connectivity index (χ2n) is 1.63. The highest BCUT2D eigenvalue weighted by molar-refractivity contribution is 9.09. The van der Waals surface area contributed by atoms with Gasteiger partial charge in [-0.1, -0.05) is 41.6 Å². The normalized spacial score (nSPS) is 12.6. The first-order valence-corrected chi connectivity index (χ1v) is 3.62. The molecule has 0 fully saturated rings. The predicted octanol–water partition coefficient (Wildman–Crippen LogP) is 2.39. The molecule has 0 aliphatic rings. The standard InChI is InChI=1S/C7H10Br/c1-3-5-6-7(8)4-2/h2,7H,1,3,5-6H2. The van der Waals surface area contributed by atoms with Crippen molar-refractivity contribution in [2.75, 3.05) is 0 Å². The minimum absolute atomic E-state index is 0.254. The second kappa shape index (κ2) is 5.18. The molecule has 0 aromatic rings. The maximum atomic E-state index is 5.10. The van der Waals surface area contributed by atoms with Gasteiger partial charge in [-0.3, -0.25) is 0 Å². The van der Waals surface area contributed by atoms with Gasteiger partial charge in [-0.25, -0.2) is 0 Å². The van der Waals surface area contributed by atoms with Gasteiger partial charge in [0.1, 0.15) is 0 Å². The molecule has 1 atom stereocenters. The van der Waals surface area contributed by atoms with Gasteiger partial charge in [0.2, 0.25) is 0 Å². The summed E-state index contributed by atoms with van der Waals surface area (Å²) in [5, 5.41) is 0. The molecule has 0 saturated heterocycles. The fourth-order valence-electron chi connectivity index (χ4n) is 0.407. The third kappa shape index (κ3) is 4.21. The molecule has 0 N–H and O–H groups in total. The topological polar surface area (TPSA) is 0 Å². The van der Waals surface area contributed by atoms with E-state index in [4.69, 9.17) is 6.42 Å². The molecule has 0 amide bonds. The Balaban J connectivity index is 3.02. The van der Waals surface area contributed by atoms with Crippen LogP contribution in [0.15, 0.2) is 0 Å². The molecule has 0 aliphatic carbocycles. The molecular formula is C7H10Br. The average Bonchev–Trinajstić information content (AvgIpc) is 1.83. The maximum Gasteiger partial charge on any atom is 0.0752 e. The molecule has 0 nitrogen and oxygen atoms in total. The van der Waals surface area contributed by atoms with E-state index in [2.05, 4.69) is 28.8 Å². The van der Waals surface area contributed by atoms with E-state index in [-0.39, 0.29) is 4.83 Å². The first-order chi connectivity index (χ1) is 3.81. The number of unbranched alkanes of at least 4 members (excludes halogenated alkanes) is 1. The molecule has 0 aromatic heterocycles. The van der Waals surface area contributed by atoms with Crippen LogP contribution in [-0.2, 0) is 0 Å². The van der Waals surface area contributed by atoms with Crippen molar-refractivity contribution in [3.63, 3.8) is 0 Å². The Morgan fingerprint density at radius 3 is 2.75 bits per heavy atom. The van der Waals surface area contributed by atoms with E-state index in [0.717, 1.165) is 19.3 Å². The van der Waals surface area contributed by atoms with Gasteiger partial charge in [-0.2, -0.15) is 0 Å². The van der Waals surface area contributed by atoms with Crippen molar-refractivity contribution in [2.45, 2.75) is 24.1 Å². The van der Waals surface area contributed by atoms with Crippen molar-refractivity contribution in [1.82, 2.24) is 0 Å². The van der Waals surface area contributed by atoms with Crippen LogP contribution in [0, 0.1) is 19.3 Å². The third-order valence-corrected chi connectivity index (χ3v) is 1.61. The fraction of sp³-hybridized carbons (Fsp3) is 0.571. The lowest BCUT2D eigenvalue weighted by atomic mass is 10.2. The van der Waals surface area contributed by atoms with Crippen LogP contribution >= 0.6 is 15.9 Å². The van der Waals surface area contributed by atoms with Gasteiger partial charge in [-0.05, 0) is 6.42 Å². The number of hydrogen-bond acceptors (Lipinski definition) is 0. The van der Waals surface area contributed by atoms with Crippen LogP contribution in [0.2, 0.25) is 0 Å². The lowest BCUT2D eigenvalue weighted by Crippen LogP contribution is -1.90. The van der Waals surface area contributed by atoms with Crippen molar-refractivity contribution >= 4 is 15.9 Å². The molecular weight excluding hydrogens is 164 g/mol. The monoisotopic (exact) mass is 173 g/mol. The van der Waals surface area contributed by atoms with E-state index in [1.54, 1.807) is 0 Å². The van der Waals surface area contributed by atoms with Crippen molar-refractivity contribution in [1.29, 1.82) is 0 Å². The highest BCUT2D eigenvalue weighted by atomic mass is 79.9. The minimum atomic E-state index is 0.254. The average molecular weight is 174 g/mol. The van der Waals surface area contributed by atoms with Crippen LogP contribution < -0.4 is 0 Å². The quantitative estimate of drug-likeness (QED) is 0.455. The summed E-state index contributed by atoms with van der Waals surface area (Å²) >= 11 is 3.31. The van der Waals surface area contributed by atoms with Gasteiger partial charge in [0, 0.05) is 0 Å². The molecule has 1 heteroatoms. The molecule has 0 saturated carbocycles. The molecule has 0 bridgehead atoms. The van der Waals surface area contributed by atoms with Gasteiger partial charge in [0.05, 0.1) is 4.83 Å². The number of alkyl halides is 1. The van der Waals surface area contributed by atoms with Gasteiger partial charge < -0.3 is 0 Å². The summed E-state index contributed by atoms with van der Waals surface area (Å²) in [7, 11) is 0. The molecule has 0 aromatic carbocycles. The largest absolute Gasteiger partial charge is 0.119 e. The Bertz CT molecular complexity index is 80.9. The van der Waals surface area contributed by atoms with Crippen LogP contribution in [0.25, 0.3) is 0 Å². The zero-order valence-electron chi connectivity index (χ0n) is 4.86. The van der Waals surface area contributed by atoms with E-state index < -0.39 is 0 Å². The molecule has 1 unspecified atom stereocenters. The summed E-state index contributed by atoms with van der Waals surface area (Å²) in [4.78, 5) is 0.254. The number of hydrogen-bond donors (Lipinski definition) is 0. The van der Waals surface area contributed by atoms with Gasteiger partial charge in [0.15, 0.2) is 0 Å². The van der Waals surface area contributed by atoms with E-state index in [1.807, 2.05) is 0 Å². The van der Waals surface area contributed by atoms with Crippen LogP contribution in [0.3, 0.4) is 0 Å². The van der Waals surface area contributed by atoms with Crippen molar-refractivity contribution in [3.05, 3.63) is 6.92 Å². The Morgan fingerprint density at radius 2 is 2.38 bits per heavy atom. The van der Waals surface area contributed by atoms with Crippen molar-refractivity contribution in [3.8, 4) is 12.3 Å². The van der Waals surface area contributed by atoms with Crippen LogP contribution in [0.4, 0.5) is 0 Å². The SMILES string of the molecule is C#CC(Br)CCC[CH2].